The Labute approximate surface area is 126 Å². The van der Waals surface area contributed by atoms with Crippen molar-refractivity contribution >= 4 is 11.9 Å². The zero-order chi connectivity index (χ0) is 16.4. The SMILES string of the molecule is CCC(C)(C(=O)OC1C2CC3C1OC(=O)C3C2C)C(F)(F)F. The minimum absolute atomic E-state index is 0.0205. The summed E-state index contributed by atoms with van der Waals surface area (Å²) in [5.41, 5.74) is -2.53. The fraction of sp³-hybridized carbons (Fsp3) is 0.867. The van der Waals surface area contributed by atoms with Gasteiger partial charge in [-0.05, 0) is 25.7 Å². The third-order valence-corrected chi connectivity index (χ3v) is 5.97. The molecule has 0 amide bonds. The summed E-state index contributed by atoms with van der Waals surface area (Å²) in [6.45, 7) is 4.04. The molecule has 3 fully saturated rings. The minimum atomic E-state index is -4.67. The first-order valence-electron chi connectivity index (χ1n) is 7.60. The van der Waals surface area contributed by atoms with Crippen molar-refractivity contribution in [3.05, 3.63) is 0 Å². The highest BCUT2D eigenvalue weighted by molar-refractivity contribution is 5.79. The van der Waals surface area contributed by atoms with E-state index in [4.69, 9.17) is 9.47 Å². The van der Waals surface area contributed by atoms with Crippen LogP contribution in [0.4, 0.5) is 13.2 Å². The molecule has 0 aromatic carbocycles. The molecule has 2 aliphatic carbocycles. The lowest BCUT2D eigenvalue weighted by atomic mass is 9.79. The maximum absolute atomic E-state index is 13.2. The number of ether oxygens (including phenoxy) is 2. The lowest BCUT2D eigenvalue weighted by molar-refractivity contribution is -0.236. The van der Waals surface area contributed by atoms with Crippen molar-refractivity contribution in [1.82, 2.24) is 0 Å². The normalized spacial score (nSPS) is 42.2. The maximum Gasteiger partial charge on any atom is 0.404 e. The molecule has 0 aromatic rings. The van der Waals surface area contributed by atoms with Gasteiger partial charge in [-0.2, -0.15) is 13.2 Å². The lowest BCUT2D eigenvalue weighted by Crippen LogP contribution is -2.47. The summed E-state index contributed by atoms with van der Waals surface area (Å²) < 4.78 is 50.0. The van der Waals surface area contributed by atoms with Crippen molar-refractivity contribution in [2.75, 3.05) is 0 Å². The molecule has 3 aliphatic rings. The van der Waals surface area contributed by atoms with Crippen molar-refractivity contribution in [1.29, 1.82) is 0 Å². The summed E-state index contributed by atoms with van der Waals surface area (Å²) in [5, 5.41) is 0. The lowest BCUT2D eigenvalue weighted by Gasteiger charge is -2.34. The number of carbonyl (C=O) groups is 2. The molecule has 2 saturated carbocycles. The van der Waals surface area contributed by atoms with Crippen LogP contribution in [0.15, 0.2) is 0 Å². The Morgan fingerprint density at radius 3 is 2.55 bits per heavy atom. The zero-order valence-electron chi connectivity index (χ0n) is 12.6. The molecule has 0 radical (unpaired) electrons. The molecule has 0 aromatic heterocycles. The first kappa shape index (κ1) is 15.6. The molecule has 1 heterocycles. The fourth-order valence-corrected chi connectivity index (χ4v) is 4.22. The predicted octanol–water partition coefficient (Wildman–Crippen LogP) is 2.70. The van der Waals surface area contributed by atoms with Gasteiger partial charge in [-0.1, -0.05) is 13.8 Å². The fourth-order valence-electron chi connectivity index (χ4n) is 4.22. The van der Waals surface area contributed by atoms with Crippen LogP contribution < -0.4 is 0 Å². The van der Waals surface area contributed by atoms with Crippen molar-refractivity contribution in [3.63, 3.8) is 0 Å². The summed E-state index contributed by atoms with van der Waals surface area (Å²) in [6.07, 6.45) is -5.70. The van der Waals surface area contributed by atoms with E-state index in [0.717, 1.165) is 6.92 Å². The number of hydrogen-bond acceptors (Lipinski definition) is 4. The molecule has 22 heavy (non-hydrogen) atoms. The molecule has 0 spiro atoms. The molecule has 1 aliphatic heterocycles. The second-order valence-electron chi connectivity index (χ2n) is 6.90. The standard InChI is InChI=1S/C15H19F3O4/c1-4-14(3,15(16,17)18)13(20)22-10-7-5-8-9(6(7)2)12(19)21-11(8)10/h6-11H,4-5H2,1-3H3. The quantitative estimate of drug-likeness (QED) is 0.750. The van der Waals surface area contributed by atoms with E-state index in [1.807, 2.05) is 6.92 Å². The Kier molecular flexibility index (Phi) is 3.28. The highest BCUT2D eigenvalue weighted by Gasteiger charge is 2.67. The van der Waals surface area contributed by atoms with E-state index in [1.165, 1.54) is 6.92 Å². The minimum Gasteiger partial charge on any atom is -0.458 e. The van der Waals surface area contributed by atoms with Crippen molar-refractivity contribution in [2.24, 2.45) is 29.1 Å². The van der Waals surface area contributed by atoms with Crippen molar-refractivity contribution in [3.8, 4) is 0 Å². The van der Waals surface area contributed by atoms with Crippen LogP contribution in [0.25, 0.3) is 0 Å². The largest absolute Gasteiger partial charge is 0.458 e. The number of hydrogen-bond donors (Lipinski definition) is 0. The van der Waals surface area contributed by atoms with Crippen LogP contribution in [0, 0.1) is 29.1 Å². The van der Waals surface area contributed by atoms with Gasteiger partial charge in [-0.15, -0.1) is 0 Å². The average molecular weight is 320 g/mol. The van der Waals surface area contributed by atoms with Crippen LogP contribution >= 0.6 is 0 Å². The summed E-state index contributed by atoms with van der Waals surface area (Å²) in [7, 11) is 0. The predicted molar refractivity (Wildman–Crippen MR) is 68.5 cm³/mol. The Balaban J connectivity index is 1.80. The average Bonchev–Trinajstić information content (AvgIpc) is 3.00. The highest BCUT2D eigenvalue weighted by Crippen LogP contribution is 2.59. The first-order valence-corrected chi connectivity index (χ1v) is 7.60. The van der Waals surface area contributed by atoms with E-state index < -0.39 is 36.2 Å². The zero-order valence-corrected chi connectivity index (χ0v) is 12.6. The molecule has 7 unspecified atom stereocenters. The van der Waals surface area contributed by atoms with Gasteiger partial charge >= 0.3 is 18.1 Å². The third kappa shape index (κ3) is 1.83. The Hall–Kier alpha value is -1.27. The second-order valence-corrected chi connectivity index (χ2v) is 6.90. The highest BCUT2D eigenvalue weighted by atomic mass is 19.4. The van der Waals surface area contributed by atoms with Crippen LogP contribution in [0.1, 0.15) is 33.6 Å². The van der Waals surface area contributed by atoms with Crippen molar-refractivity contribution < 1.29 is 32.2 Å². The van der Waals surface area contributed by atoms with E-state index >= 15 is 0 Å². The molecule has 1 saturated heterocycles. The maximum atomic E-state index is 13.2. The molecule has 124 valence electrons. The van der Waals surface area contributed by atoms with Gasteiger partial charge in [0, 0.05) is 11.8 Å². The molecule has 7 heteroatoms. The van der Waals surface area contributed by atoms with Gasteiger partial charge in [0.1, 0.15) is 12.2 Å². The molecule has 4 nitrogen and oxygen atoms in total. The Morgan fingerprint density at radius 2 is 2.00 bits per heavy atom. The smallest absolute Gasteiger partial charge is 0.404 e. The molecular weight excluding hydrogens is 301 g/mol. The number of rotatable bonds is 3. The van der Waals surface area contributed by atoms with Gasteiger partial charge in [-0.25, -0.2) is 0 Å². The number of halogens is 3. The van der Waals surface area contributed by atoms with Crippen LogP contribution in [-0.2, 0) is 19.1 Å². The summed E-state index contributed by atoms with van der Waals surface area (Å²) in [6, 6.07) is 0. The van der Waals surface area contributed by atoms with E-state index in [2.05, 4.69) is 0 Å². The van der Waals surface area contributed by atoms with Gasteiger partial charge in [0.25, 0.3) is 0 Å². The molecule has 3 rings (SSSR count). The number of fused-ring (bicyclic) bond motifs is 1. The second kappa shape index (κ2) is 4.61. The van der Waals surface area contributed by atoms with Crippen LogP contribution in [0.3, 0.4) is 0 Å². The van der Waals surface area contributed by atoms with Gasteiger partial charge in [0.05, 0.1) is 5.92 Å². The first-order chi connectivity index (χ1) is 10.1. The van der Waals surface area contributed by atoms with Gasteiger partial charge < -0.3 is 9.47 Å². The number of esters is 2. The number of alkyl halides is 3. The van der Waals surface area contributed by atoms with Gasteiger partial charge in [0.15, 0.2) is 5.41 Å². The van der Waals surface area contributed by atoms with E-state index in [-0.39, 0.29) is 29.6 Å². The third-order valence-electron chi connectivity index (χ3n) is 5.97. The number of carbonyl (C=O) groups excluding carboxylic acids is 2. The monoisotopic (exact) mass is 320 g/mol. The summed E-state index contributed by atoms with van der Waals surface area (Å²) in [4.78, 5) is 24.0. The van der Waals surface area contributed by atoms with Crippen molar-refractivity contribution in [2.45, 2.75) is 52.0 Å². The van der Waals surface area contributed by atoms with Gasteiger partial charge in [0.2, 0.25) is 0 Å². The molecular formula is C15H19F3O4. The summed E-state index contributed by atoms with van der Waals surface area (Å²) >= 11 is 0. The Morgan fingerprint density at radius 1 is 1.36 bits per heavy atom. The molecule has 2 bridgehead atoms. The molecule has 0 N–H and O–H groups in total. The van der Waals surface area contributed by atoms with E-state index in [1.54, 1.807) is 0 Å². The van der Waals surface area contributed by atoms with Crippen LogP contribution in [0.5, 0.6) is 0 Å². The summed E-state index contributed by atoms with van der Waals surface area (Å²) in [5.74, 6) is -1.91. The van der Waals surface area contributed by atoms with E-state index in [0.29, 0.717) is 6.42 Å². The van der Waals surface area contributed by atoms with Crippen LogP contribution in [0.2, 0.25) is 0 Å². The van der Waals surface area contributed by atoms with Crippen LogP contribution in [-0.4, -0.2) is 30.3 Å². The van der Waals surface area contributed by atoms with Gasteiger partial charge in [-0.3, -0.25) is 9.59 Å². The van der Waals surface area contributed by atoms with E-state index in [9.17, 15) is 22.8 Å². The topological polar surface area (TPSA) is 52.6 Å². The Bertz CT molecular complexity index is 517. The molecule has 7 atom stereocenters.